The van der Waals surface area contributed by atoms with Crippen LogP contribution in [0.2, 0.25) is 0 Å². The normalized spacial score (nSPS) is 17.3. The van der Waals surface area contributed by atoms with Crippen molar-refractivity contribution in [2.45, 2.75) is 44.6 Å². The number of rotatable bonds is 4. The fourth-order valence-electron chi connectivity index (χ4n) is 2.48. The Morgan fingerprint density at radius 1 is 1.00 bits per heavy atom. The van der Waals surface area contributed by atoms with Crippen molar-refractivity contribution in [1.29, 1.82) is 0 Å². The molecule has 0 bridgehead atoms. The maximum atomic E-state index is 3.65. The molecule has 2 rings (SSSR count). The molecule has 18 heavy (non-hydrogen) atoms. The van der Waals surface area contributed by atoms with Crippen molar-refractivity contribution in [1.82, 2.24) is 5.32 Å². The molecule has 1 aromatic rings. The monoisotopic (exact) mass is 265 g/mol. The molecule has 0 heterocycles. The van der Waals surface area contributed by atoms with Gasteiger partial charge in [-0.15, -0.1) is 12.4 Å². The van der Waals surface area contributed by atoms with Gasteiger partial charge in [0.05, 0.1) is 0 Å². The SMILES string of the molecule is C(=C\c1ccccc1)/CNC1CCCCCC1.Cl. The molecular formula is C16H24ClN. The van der Waals surface area contributed by atoms with Crippen LogP contribution in [0.1, 0.15) is 44.1 Å². The van der Waals surface area contributed by atoms with Gasteiger partial charge in [-0.25, -0.2) is 0 Å². The molecule has 0 saturated heterocycles. The summed E-state index contributed by atoms with van der Waals surface area (Å²) in [5.41, 5.74) is 1.29. The molecule has 2 heteroatoms. The number of benzene rings is 1. The lowest BCUT2D eigenvalue weighted by Crippen LogP contribution is -2.28. The summed E-state index contributed by atoms with van der Waals surface area (Å²) in [7, 11) is 0. The third-order valence-corrected chi connectivity index (χ3v) is 3.49. The number of hydrogen-bond donors (Lipinski definition) is 1. The standard InChI is InChI=1S/C16H23N.ClH/c1-2-7-13-16(12-6-1)17-14-8-11-15-9-4-3-5-10-15;/h3-5,8-11,16-17H,1-2,6-7,12-14H2;1H/b11-8+;. The van der Waals surface area contributed by atoms with Gasteiger partial charge in [-0.1, -0.05) is 68.2 Å². The van der Waals surface area contributed by atoms with E-state index in [1.807, 2.05) is 0 Å². The van der Waals surface area contributed by atoms with Crippen molar-refractivity contribution in [2.24, 2.45) is 0 Å². The number of hydrogen-bond acceptors (Lipinski definition) is 1. The van der Waals surface area contributed by atoms with Gasteiger partial charge in [-0.3, -0.25) is 0 Å². The molecule has 0 aromatic heterocycles. The molecule has 1 saturated carbocycles. The third-order valence-electron chi connectivity index (χ3n) is 3.49. The second-order valence-corrected chi connectivity index (χ2v) is 4.91. The van der Waals surface area contributed by atoms with E-state index < -0.39 is 0 Å². The van der Waals surface area contributed by atoms with Gasteiger partial charge < -0.3 is 5.32 Å². The summed E-state index contributed by atoms with van der Waals surface area (Å²) in [6.07, 6.45) is 12.8. The first kappa shape index (κ1) is 15.3. The van der Waals surface area contributed by atoms with Gasteiger partial charge in [0, 0.05) is 12.6 Å². The van der Waals surface area contributed by atoms with E-state index in [0.717, 1.165) is 12.6 Å². The van der Waals surface area contributed by atoms with Gasteiger partial charge in [0.1, 0.15) is 0 Å². The molecule has 100 valence electrons. The van der Waals surface area contributed by atoms with E-state index in [9.17, 15) is 0 Å². The van der Waals surface area contributed by atoms with Gasteiger partial charge >= 0.3 is 0 Å². The first-order chi connectivity index (χ1) is 8.45. The zero-order chi connectivity index (χ0) is 11.8. The Hall–Kier alpha value is -0.790. The van der Waals surface area contributed by atoms with Crippen LogP contribution in [0.3, 0.4) is 0 Å². The van der Waals surface area contributed by atoms with E-state index in [1.54, 1.807) is 0 Å². The first-order valence-electron chi connectivity index (χ1n) is 6.90. The quantitative estimate of drug-likeness (QED) is 0.794. The van der Waals surface area contributed by atoms with Gasteiger partial charge in [-0.05, 0) is 18.4 Å². The van der Waals surface area contributed by atoms with Crippen LogP contribution >= 0.6 is 12.4 Å². The third kappa shape index (κ3) is 5.70. The highest BCUT2D eigenvalue weighted by Crippen LogP contribution is 2.16. The van der Waals surface area contributed by atoms with Crippen molar-refractivity contribution < 1.29 is 0 Å². The summed E-state index contributed by atoms with van der Waals surface area (Å²) in [5, 5.41) is 3.65. The highest BCUT2D eigenvalue weighted by atomic mass is 35.5. The average molecular weight is 266 g/mol. The van der Waals surface area contributed by atoms with Crippen LogP contribution in [0.15, 0.2) is 36.4 Å². The molecular weight excluding hydrogens is 242 g/mol. The van der Waals surface area contributed by atoms with Crippen LogP contribution in [0.4, 0.5) is 0 Å². The molecule has 0 atom stereocenters. The van der Waals surface area contributed by atoms with E-state index >= 15 is 0 Å². The topological polar surface area (TPSA) is 12.0 Å². The summed E-state index contributed by atoms with van der Waals surface area (Å²) in [5.74, 6) is 0. The van der Waals surface area contributed by atoms with Crippen LogP contribution in [0.5, 0.6) is 0 Å². The lowest BCUT2D eigenvalue weighted by molar-refractivity contribution is 0.482. The summed E-state index contributed by atoms with van der Waals surface area (Å²) in [6.45, 7) is 1.000. The predicted molar refractivity (Wildman–Crippen MR) is 82.2 cm³/mol. The maximum absolute atomic E-state index is 3.65. The second kappa shape index (κ2) is 9.18. The maximum Gasteiger partial charge on any atom is 0.0140 e. The number of nitrogens with one attached hydrogen (secondary N) is 1. The minimum Gasteiger partial charge on any atom is -0.311 e. The lowest BCUT2D eigenvalue weighted by Gasteiger charge is -2.14. The van der Waals surface area contributed by atoms with Crippen LogP contribution in [-0.4, -0.2) is 12.6 Å². The van der Waals surface area contributed by atoms with Crippen molar-refractivity contribution in [2.75, 3.05) is 6.54 Å². The fourth-order valence-corrected chi connectivity index (χ4v) is 2.48. The van der Waals surface area contributed by atoms with Crippen molar-refractivity contribution >= 4 is 18.5 Å². The summed E-state index contributed by atoms with van der Waals surface area (Å²) in [4.78, 5) is 0. The molecule has 1 aliphatic rings. The van der Waals surface area contributed by atoms with Gasteiger partial charge in [0.15, 0.2) is 0 Å². The molecule has 1 N–H and O–H groups in total. The average Bonchev–Trinajstić information content (AvgIpc) is 2.65. The zero-order valence-electron chi connectivity index (χ0n) is 11.0. The van der Waals surface area contributed by atoms with Crippen molar-refractivity contribution in [3.8, 4) is 0 Å². The summed E-state index contributed by atoms with van der Waals surface area (Å²) in [6, 6.07) is 11.3. The van der Waals surface area contributed by atoms with Crippen LogP contribution in [0.25, 0.3) is 6.08 Å². The zero-order valence-corrected chi connectivity index (χ0v) is 11.8. The molecule has 1 fully saturated rings. The Balaban J connectivity index is 0.00000162. The molecule has 1 aromatic carbocycles. The minimum absolute atomic E-state index is 0. The molecule has 0 unspecified atom stereocenters. The Bertz CT molecular complexity index is 326. The Kier molecular flexibility index (Phi) is 7.79. The molecule has 0 amide bonds. The Morgan fingerprint density at radius 2 is 1.67 bits per heavy atom. The molecule has 1 nitrogen and oxygen atoms in total. The van der Waals surface area contributed by atoms with Gasteiger partial charge in [0.25, 0.3) is 0 Å². The summed E-state index contributed by atoms with van der Waals surface area (Å²) < 4.78 is 0. The van der Waals surface area contributed by atoms with Crippen LogP contribution in [0, 0.1) is 0 Å². The van der Waals surface area contributed by atoms with E-state index in [1.165, 1.54) is 44.1 Å². The van der Waals surface area contributed by atoms with E-state index in [-0.39, 0.29) is 12.4 Å². The van der Waals surface area contributed by atoms with Crippen molar-refractivity contribution in [3.05, 3.63) is 42.0 Å². The Morgan fingerprint density at radius 3 is 2.33 bits per heavy atom. The fraction of sp³-hybridized carbons (Fsp3) is 0.500. The number of halogens is 1. The van der Waals surface area contributed by atoms with Crippen LogP contribution in [-0.2, 0) is 0 Å². The van der Waals surface area contributed by atoms with E-state index in [2.05, 4.69) is 47.8 Å². The summed E-state index contributed by atoms with van der Waals surface area (Å²) >= 11 is 0. The largest absolute Gasteiger partial charge is 0.311 e. The van der Waals surface area contributed by atoms with E-state index in [4.69, 9.17) is 0 Å². The van der Waals surface area contributed by atoms with Crippen LogP contribution < -0.4 is 5.32 Å². The minimum atomic E-state index is 0. The first-order valence-corrected chi connectivity index (χ1v) is 6.90. The smallest absolute Gasteiger partial charge is 0.0140 e. The van der Waals surface area contributed by atoms with Gasteiger partial charge in [0.2, 0.25) is 0 Å². The highest BCUT2D eigenvalue weighted by molar-refractivity contribution is 5.85. The van der Waals surface area contributed by atoms with Crippen molar-refractivity contribution in [3.63, 3.8) is 0 Å². The second-order valence-electron chi connectivity index (χ2n) is 4.91. The Labute approximate surface area is 117 Å². The highest BCUT2D eigenvalue weighted by Gasteiger charge is 2.09. The van der Waals surface area contributed by atoms with E-state index in [0.29, 0.717) is 0 Å². The predicted octanol–water partition coefficient (Wildman–Crippen LogP) is 4.43. The molecule has 0 spiro atoms. The molecule has 0 aliphatic heterocycles. The molecule has 0 radical (unpaired) electrons. The van der Waals surface area contributed by atoms with Gasteiger partial charge in [-0.2, -0.15) is 0 Å². The lowest BCUT2D eigenvalue weighted by atomic mass is 10.1. The molecule has 1 aliphatic carbocycles.